The number of benzene rings is 8. The second-order valence-corrected chi connectivity index (χ2v) is 12.0. The van der Waals surface area contributed by atoms with Gasteiger partial charge in [-0.15, -0.1) is 0 Å². The first-order valence-corrected chi connectivity index (χ1v) is 16.2. The molecule has 0 spiro atoms. The van der Waals surface area contributed by atoms with Gasteiger partial charge in [0.2, 0.25) is 0 Å². The molecule has 0 aliphatic heterocycles. The maximum absolute atomic E-state index is 4.97. The molecule has 0 saturated carbocycles. The summed E-state index contributed by atoms with van der Waals surface area (Å²) in [5.41, 5.74) is 7.50. The van der Waals surface area contributed by atoms with Gasteiger partial charge in [0.25, 0.3) is 0 Å². The SMILES string of the molecule is c1ccc(-c2nc(-c3ccccc3)nc(-c3cccc(-c4cccc(-c5cccc6c7ccccc7c7ccccc7c56)c4)c3)n2)cc1. The van der Waals surface area contributed by atoms with Gasteiger partial charge in [0.1, 0.15) is 0 Å². The van der Waals surface area contributed by atoms with Crippen molar-refractivity contribution >= 4 is 32.3 Å². The first-order chi connectivity index (χ1) is 23.8. The van der Waals surface area contributed by atoms with Crippen molar-refractivity contribution in [3.63, 3.8) is 0 Å². The molecule has 3 heteroatoms. The molecular formula is C45H29N3. The van der Waals surface area contributed by atoms with E-state index in [-0.39, 0.29) is 0 Å². The Morgan fingerprint density at radius 2 is 0.604 bits per heavy atom. The van der Waals surface area contributed by atoms with Crippen molar-refractivity contribution in [3.8, 4) is 56.4 Å². The van der Waals surface area contributed by atoms with E-state index in [1.54, 1.807) is 0 Å². The molecule has 9 aromatic rings. The van der Waals surface area contributed by atoms with Crippen LogP contribution in [-0.2, 0) is 0 Å². The van der Waals surface area contributed by atoms with Crippen molar-refractivity contribution in [2.45, 2.75) is 0 Å². The molecule has 0 N–H and O–H groups in total. The van der Waals surface area contributed by atoms with Crippen LogP contribution in [0.25, 0.3) is 88.7 Å². The van der Waals surface area contributed by atoms with Gasteiger partial charge in [-0.05, 0) is 66.7 Å². The van der Waals surface area contributed by atoms with Crippen LogP contribution in [0.2, 0.25) is 0 Å². The first kappa shape index (κ1) is 27.8. The van der Waals surface area contributed by atoms with Gasteiger partial charge in [0.15, 0.2) is 17.5 Å². The third-order valence-corrected chi connectivity index (χ3v) is 9.10. The lowest BCUT2D eigenvalue weighted by Crippen LogP contribution is -2.00. The van der Waals surface area contributed by atoms with Crippen LogP contribution in [0.5, 0.6) is 0 Å². The van der Waals surface area contributed by atoms with E-state index in [1.807, 2.05) is 60.7 Å². The largest absolute Gasteiger partial charge is 0.208 e. The van der Waals surface area contributed by atoms with Crippen LogP contribution in [0.1, 0.15) is 0 Å². The quantitative estimate of drug-likeness (QED) is 0.182. The van der Waals surface area contributed by atoms with Crippen LogP contribution < -0.4 is 0 Å². The van der Waals surface area contributed by atoms with Gasteiger partial charge >= 0.3 is 0 Å². The van der Waals surface area contributed by atoms with Gasteiger partial charge in [-0.25, -0.2) is 15.0 Å². The average Bonchev–Trinajstić information content (AvgIpc) is 3.18. The molecule has 0 atom stereocenters. The van der Waals surface area contributed by atoms with Gasteiger partial charge in [-0.2, -0.15) is 0 Å². The molecule has 0 aliphatic carbocycles. The minimum absolute atomic E-state index is 0.646. The molecule has 0 aliphatic rings. The van der Waals surface area contributed by atoms with Crippen molar-refractivity contribution in [2.75, 3.05) is 0 Å². The fourth-order valence-corrected chi connectivity index (χ4v) is 6.84. The second kappa shape index (κ2) is 11.7. The normalized spacial score (nSPS) is 11.3. The van der Waals surface area contributed by atoms with Crippen LogP contribution in [0.4, 0.5) is 0 Å². The zero-order valence-electron chi connectivity index (χ0n) is 26.1. The van der Waals surface area contributed by atoms with E-state index in [0.717, 1.165) is 27.8 Å². The molecule has 0 fully saturated rings. The Morgan fingerprint density at radius 1 is 0.250 bits per heavy atom. The summed E-state index contributed by atoms with van der Waals surface area (Å²) in [5.74, 6) is 1.96. The van der Waals surface area contributed by atoms with E-state index in [2.05, 4.69) is 115 Å². The fourth-order valence-electron chi connectivity index (χ4n) is 6.84. The van der Waals surface area contributed by atoms with Crippen molar-refractivity contribution in [2.24, 2.45) is 0 Å². The molecule has 224 valence electrons. The van der Waals surface area contributed by atoms with Crippen LogP contribution in [-0.4, -0.2) is 15.0 Å². The van der Waals surface area contributed by atoms with E-state index in [1.165, 1.54) is 43.4 Å². The lowest BCUT2D eigenvalue weighted by molar-refractivity contribution is 1.07. The average molecular weight is 612 g/mol. The minimum atomic E-state index is 0.646. The summed E-state index contributed by atoms with van der Waals surface area (Å²) >= 11 is 0. The van der Waals surface area contributed by atoms with E-state index >= 15 is 0 Å². The zero-order valence-corrected chi connectivity index (χ0v) is 26.1. The third-order valence-electron chi connectivity index (χ3n) is 9.10. The Bertz CT molecular complexity index is 2510. The molecule has 0 amide bonds. The van der Waals surface area contributed by atoms with Crippen molar-refractivity contribution < 1.29 is 0 Å². The topological polar surface area (TPSA) is 38.7 Å². The molecule has 0 radical (unpaired) electrons. The summed E-state index contributed by atoms with van der Waals surface area (Å²) in [4.78, 5) is 14.8. The summed E-state index contributed by atoms with van der Waals surface area (Å²) in [6.45, 7) is 0. The van der Waals surface area contributed by atoms with Gasteiger partial charge in [-0.1, -0.05) is 164 Å². The van der Waals surface area contributed by atoms with Crippen LogP contribution in [0.15, 0.2) is 176 Å². The smallest absolute Gasteiger partial charge is 0.164 e. The number of nitrogens with zero attached hydrogens (tertiary/aromatic N) is 3. The highest BCUT2D eigenvalue weighted by Crippen LogP contribution is 2.41. The maximum Gasteiger partial charge on any atom is 0.164 e. The van der Waals surface area contributed by atoms with E-state index < -0.39 is 0 Å². The minimum Gasteiger partial charge on any atom is -0.208 e. The number of hydrogen-bond acceptors (Lipinski definition) is 3. The third kappa shape index (κ3) is 4.90. The lowest BCUT2D eigenvalue weighted by atomic mass is 9.89. The van der Waals surface area contributed by atoms with E-state index in [4.69, 9.17) is 15.0 Å². The Hall–Kier alpha value is -6.45. The highest BCUT2D eigenvalue weighted by atomic mass is 15.0. The zero-order chi connectivity index (χ0) is 31.9. The Labute approximate surface area is 278 Å². The monoisotopic (exact) mass is 611 g/mol. The standard InChI is InChI=1S/C45H29N3/c1-3-14-30(15-4-1)43-46-44(31-16-5-2-6-17-31)48-45(47-43)35-21-12-19-33(29-35)32-18-11-20-34(28-32)36-26-13-27-41-39-23-8-7-22-37(39)38-24-9-10-25-40(38)42(36)41/h1-29H. The van der Waals surface area contributed by atoms with Crippen LogP contribution in [0.3, 0.4) is 0 Å². The highest BCUT2D eigenvalue weighted by molar-refractivity contribution is 6.28. The Morgan fingerprint density at radius 3 is 1.17 bits per heavy atom. The molecule has 8 aromatic carbocycles. The van der Waals surface area contributed by atoms with Crippen LogP contribution in [0, 0.1) is 0 Å². The number of fused-ring (bicyclic) bond motifs is 6. The highest BCUT2D eigenvalue weighted by Gasteiger charge is 2.15. The van der Waals surface area contributed by atoms with E-state index in [0.29, 0.717) is 17.5 Å². The van der Waals surface area contributed by atoms with Crippen molar-refractivity contribution in [1.82, 2.24) is 15.0 Å². The number of rotatable bonds is 5. The molecule has 1 aromatic heterocycles. The molecule has 3 nitrogen and oxygen atoms in total. The summed E-state index contributed by atoms with van der Waals surface area (Å²) in [6.07, 6.45) is 0. The Kier molecular flexibility index (Phi) is 6.80. The van der Waals surface area contributed by atoms with Gasteiger partial charge < -0.3 is 0 Å². The van der Waals surface area contributed by atoms with Gasteiger partial charge in [0.05, 0.1) is 0 Å². The lowest BCUT2D eigenvalue weighted by Gasteiger charge is -2.15. The van der Waals surface area contributed by atoms with Crippen molar-refractivity contribution in [1.29, 1.82) is 0 Å². The molecular weight excluding hydrogens is 583 g/mol. The predicted octanol–water partition coefficient (Wildman–Crippen LogP) is 11.7. The first-order valence-electron chi connectivity index (χ1n) is 16.2. The summed E-state index contributed by atoms with van der Waals surface area (Å²) < 4.78 is 0. The van der Waals surface area contributed by atoms with E-state index in [9.17, 15) is 0 Å². The van der Waals surface area contributed by atoms with Gasteiger partial charge in [-0.3, -0.25) is 0 Å². The summed E-state index contributed by atoms with van der Waals surface area (Å²) in [7, 11) is 0. The molecule has 0 unspecified atom stereocenters. The Balaban J connectivity index is 1.18. The summed E-state index contributed by atoms with van der Waals surface area (Å²) in [5, 5.41) is 7.66. The summed E-state index contributed by atoms with van der Waals surface area (Å²) in [6, 6.07) is 61.7. The second-order valence-electron chi connectivity index (χ2n) is 12.0. The van der Waals surface area contributed by atoms with Crippen LogP contribution >= 0.6 is 0 Å². The number of hydrogen-bond donors (Lipinski definition) is 0. The number of aromatic nitrogens is 3. The molecule has 48 heavy (non-hydrogen) atoms. The van der Waals surface area contributed by atoms with Crippen molar-refractivity contribution in [3.05, 3.63) is 176 Å². The van der Waals surface area contributed by atoms with Gasteiger partial charge in [0, 0.05) is 16.7 Å². The predicted molar refractivity (Wildman–Crippen MR) is 200 cm³/mol. The molecule has 0 bridgehead atoms. The molecule has 9 rings (SSSR count). The fraction of sp³-hybridized carbons (Fsp3) is 0. The maximum atomic E-state index is 4.97. The molecule has 0 saturated heterocycles. The molecule has 1 heterocycles.